The summed E-state index contributed by atoms with van der Waals surface area (Å²) in [5, 5.41) is 1.52. The molecular formula is C19H19ClN2OS. The smallest absolute Gasteiger partial charge is 0.262 e. The lowest BCUT2D eigenvalue weighted by Crippen LogP contribution is -2.25. The van der Waals surface area contributed by atoms with Crippen molar-refractivity contribution in [3.05, 3.63) is 61.5 Å². The molecule has 0 fully saturated rings. The van der Waals surface area contributed by atoms with Gasteiger partial charge in [-0.2, -0.15) is 0 Å². The monoisotopic (exact) mass is 358 g/mol. The molecule has 4 rings (SSSR count). The highest BCUT2D eigenvalue weighted by molar-refractivity contribution is 7.18. The number of thiophene rings is 1. The summed E-state index contributed by atoms with van der Waals surface area (Å²) in [4.78, 5) is 20.1. The third-order valence-corrected chi connectivity index (χ3v) is 6.41. The van der Waals surface area contributed by atoms with Crippen LogP contribution in [0.3, 0.4) is 0 Å². The fourth-order valence-corrected chi connectivity index (χ4v) is 5.12. The van der Waals surface area contributed by atoms with E-state index in [1.165, 1.54) is 10.4 Å². The SMILES string of the molecule is Cc1nc2sc3c(c2c(=O)n1Cc1ccccc1Cl)CCC(C)C3. The second kappa shape index (κ2) is 6.01. The van der Waals surface area contributed by atoms with Gasteiger partial charge in [0.05, 0.1) is 11.9 Å². The molecule has 1 aliphatic rings. The average Bonchev–Trinajstić information content (AvgIpc) is 2.90. The van der Waals surface area contributed by atoms with E-state index in [0.29, 0.717) is 17.5 Å². The van der Waals surface area contributed by atoms with Gasteiger partial charge < -0.3 is 0 Å². The number of aromatic nitrogens is 2. The second-order valence-corrected chi connectivity index (χ2v) is 8.16. The van der Waals surface area contributed by atoms with Crippen LogP contribution in [0.2, 0.25) is 5.02 Å². The van der Waals surface area contributed by atoms with E-state index < -0.39 is 0 Å². The molecule has 2 heterocycles. The van der Waals surface area contributed by atoms with Crippen LogP contribution in [0.5, 0.6) is 0 Å². The molecule has 1 aromatic carbocycles. The third-order valence-electron chi connectivity index (χ3n) is 4.89. The molecule has 1 unspecified atom stereocenters. The van der Waals surface area contributed by atoms with Gasteiger partial charge in [-0.25, -0.2) is 4.98 Å². The van der Waals surface area contributed by atoms with Crippen LogP contribution in [0.1, 0.15) is 35.2 Å². The number of hydrogen-bond donors (Lipinski definition) is 0. The molecule has 1 atom stereocenters. The Bertz CT molecular complexity index is 989. The first-order valence-corrected chi connectivity index (χ1v) is 9.49. The Morgan fingerprint density at radius 2 is 2.17 bits per heavy atom. The molecule has 0 aliphatic heterocycles. The van der Waals surface area contributed by atoms with Crippen LogP contribution in [0.4, 0.5) is 0 Å². The molecular weight excluding hydrogens is 340 g/mol. The Labute approximate surface area is 149 Å². The minimum atomic E-state index is 0.0736. The van der Waals surface area contributed by atoms with E-state index in [0.717, 1.165) is 40.9 Å². The Balaban J connectivity index is 1.88. The van der Waals surface area contributed by atoms with Crippen LogP contribution in [0, 0.1) is 12.8 Å². The predicted octanol–water partition coefficient (Wildman–Crippen LogP) is 4.59. The van der Waals surface area contributed by atoms with Gasteiger partial charge in [0.25, 0.3) is 5.56 Å². The van der Waals surface area contributed by atoms with Gasteiger partial charge >= 0.3 is 0 Å². The van der Waals surface area contributed by atoms with E-state index in [1.54, 1.807) is 15.9 Å². The van der Waals surface area contributed by atoms with Crippen LogP contribution in [0.25, 0.3) is 10.2 Å². The molecule has 0 amide bonds. The number of nitrogens with zero attached hydrogens (tertiary/aromatic N) is 2. The fourth-order valence-electron chi connectivity index (χ4n) is 3.51. The number of halogens is 1. The molecule has 0 spiro atoms. The van der Waals surface area contributed by atoms with E-state index in [4.69, 9.17) is 16.6 Å². The van der Waals surface area contributed by atoms with Gasteiger partial charge in [-0.1, -0.05) is 36.7 Å². The number of rotatable bonds is 2. The van der Waals surface area contributed by atoms with Gasteiger partial charge in [-0.05, 0) is 49.3 Å². The van der Waals surface area contributed by atoms with E-state index >= 15 is 0 Å². The van der Waals surface area contributed by atoms with Crippen molar-refractivity contribution in [3.63, 3.8) is 0 Å². The lowest BCUT2D eigenvalue weighted by molar-refractivity contribution is 0.509. The maximum absolute atomic E-state index is 13.2. The first-order valence-electron chi connectivity index (χ1n) is 8.29. The quantitative estimate of drug-likeness (QED) is 0.671. The zero-order valence-electron chi connectivity index (χ0n) is 13.8. The third kappa shape index (κ3) is 2.58. The maximum atomic E-state index is 13.2. The summed E-state index contributed by atoms with van der Waals surface area (Å²) in [7, 11) is 0. The van der Waals surface area contributed by atoms with Crippen molar-refractivity contribution in [1.29, 1.82) is 0 Å². The van der Waals surface area contributed by atoms with Crippen molar-refractivity contribution < 1.29 is 0 Å². The summed E-state index contributed by atoms with van der Waals surface area (Å²) in [6, 6.07) is 7.67. The highest BCUT2D eigenvalue weighted by atomic mass is 35.5. The molecule has 0 saturated carbocycles. The molecule has 0 bridgehead atoms. The van der Waals surface area contributed by atoms with Gasteiger partial charge in [-0.3, -0.25) is 9.36 Å². The van der Waals surface area contributed by atoms with Gasteiger partial charge in [-0.15, -0.1) is 11.3 Å². The number of aryl methyl sites for hydroxylation is 2. The average molecular weight is 359 g/mol. The zero-order valence-corrected chi connectivity index (χ0v) is 15.4. The maximum Gasteiger partial charge on any atom is 0.262 e. The lowest BCUT2D eigenvalue weighted by atomic mass is 9.89. The van der Waals surface area contributed by atoms with Crippen LogP contribution in [-0.4, -0.2) is 9.55 Å². The van der Waals surface area contributed by atoms with Gasteiger partial charge in [0, 0.05) is 9.90 Å². The van der Waals surface area contributed by atoms with Gasteiger partial charge in [0.15, 0.2) is 0 Å². The highest BCUT2D eigenvalue weighted by Crippen LogP contribution is 2.35. The van der Waals surface area contributed by atoms with Crippen molar-refractivity contribution in [1.82, 2.24) is 9.55 Å². The molecule has 5 heteroatoms. The van der Waals surface area contributed by atoms with Crippen LogP contribution in [-0.2, 0) is 19.4 Å². The van der Waals surface area contributed by atoms with Crippen molar-refractivity contribution >= 4 is 33.2 Å². The standard InChI is InChI=1S/C19H19ClN2OS/c1-11-7-8-14-16(9-11)24-18-17(14)19(23)22(12(2)21-18)10-13-5-3-4-6-15(13)20/h3-6,11H,7-10H2,1-2H3. The summed E-state index contributed by atoms with van der Waals surface area (Å²) in [6.45, 7) is 4.65. The van der Waals surface area contributed by atoms with Crippen molar-refractivity contribution in [2.24, 2.45) is 5.92 Å². The summed E-state index contributed by atoms with van der Waals surface area (Å²) in [6.07, 6.45) is 3.21. The summed E-state index contributed by atoms with van der Waals surface area (Å²) < 4.78 is 1.76. The van der Waals surface area contributed by atoms with E-state index in [1.807, 2.05) is 31.2 Å². The molecule has 1 aliphatic carbocycles. The fraction of sp³-hybridized carbons (Fsp3) is 0.368. The van der Waals surface area contributed by atoms with Crippen LogP contribution in [0.15, 0.2) is 29.1 Å². The largest absolute Gasteiger partial charge is 0.292 e. The Kier molecular flexibility index (Phi) is 3.97. The minimum Gasteiger partial charge on any atom is -0.292 e. The molecule has 0 saturated heterocycles. The highest BCUT2D eigenvalue weighted by Gasteiger charge is 2.24. The molecule has 2 aromatic heterocycles. The first kappa shape index (κ1) is 15.9. The Morgan fingerprint density at radius 1 is 1.38 bits per heavy atom. The van der Waals surface area contributed by atoms with Crippen LogP contribution < -0.4 is 5.56 Å². The summed E-state index contributed by atoms with van der Waals surface area (Å²) in [5.74, 6) is 1.44. The number of benzene rings is 1. The van der Waals surface area contributed by atoms with E-state index in [2.05, 4.69) is 6.92 Å². The zero-order chi connectivity index (χ0) is 16.8. The molecule has 3 aromatic rings. The normalized spacial score (nSPS) is 17.2. The molecule has 0 N–H and O–H groups in total. The molecule has 3 nitrogen and oxygen atoms in total. The van der Waals surface area contributed by atoms with E-state index in [-0.39, 0.29) is 5.56 Å². The van der Waals surface area contributed by atoms with Crippen molar-refractivity contribution in [2.75, 3.05) is 0 Å². The first-order chi connectivity index (χ1) is 11.5. The molecule has 124 valence electrons. The van der Waals surface area contributed by atoms with Crippen molar-refractivity contribution in [3.8, 4) is 0 Å². The van der Waals surface area contributed by atoms with Gasteiger partial charge in [0.1, 0.15) is 10.7 Å². The lowest BCUT2D eigenvalue weighted by Gasteiger charge is -2.17. The topological polar surface area (TPSA) is 34.9 Å². The molecule has 0 radical (unpaired) electrons. The van der Waals surface area contributed by atoms with E-state index in [9.17, 15) is 4.79 Å². The second-order valence-electron chi connectivity index (χ2n) is 6.67. The Hall–Kier alpha value is -1.65. The summed E-state index contributed by atoms with van der Waals surface area (Å²) >= 11 is 7.97. The predicted molar refractivity (Wildman–Crippen MR) is 100 cm³/mol. The molecule has 24 heavy (non-hydrogen) atoms. The van der Waals surface area contributed by atoms with Crippen LogP contribution >= 0.6 is 22.9 Å². The Morgan fingerprint density at radius 3 is 2.96 bits per heavy atom. The number of hydrogen-bond acceptors (Lipinski definition) is 3. The summed E-state index contributed by atoms with van der Waals surface area (Å²) in [5.41, 5.74) is 2.26. The number of fused-ring (bicyclic) bond motifs is 3. The minimum absolute atomic E-state index is 0.0736. The van der Waals surface area contributed by atoms with Gasteiger partial charge in [0.2, 0.25) is 0 Å². The van der Waals surface area contributed by atoms with Crippen molar-refractivity contribution in [2.45, 2.75) is 39.7 Å².